The second-order valence-electron chi connectivity index (χ2n) is 9.37. The number of rotatable bonds is 8. The van der Waals surface area contributed by atoms with Gasteiger partial charge in [0.1, 0.15) is 5.82 Å². The number of likely N-dealkylation sites (tertiary alicyclic amines) is 1. The van der Waals surface area contributed by atoms with E-state index in [1.807, 2.05) is 11.8 Å². The molecular weight excluding hydrogens is 498 g/mol. The van der Waals surface area contributed by atoms with Gasteiger partial charge in [-0.3, -0.25) is 9.48 Å². The molecule has 2 aromatic rings. The van der Waals surface area contributed by atoms with Crippen molar-refractivity contribution in [1.82, 2.24) is 34.4 Å². The Kier molecular flexibility index (Phi) is 8.38. The van der Waals surface area contributed by atoms with E-state index in [9.17, 15) is 4.79 Å². The van der Waals surface area contributed by atoms with Crippen molar-refractivity contribution in [1.29, 1.82) is 0 Å². The number of hydrogen-bond donors (Lipinski definition) is 2. The van der Waals surface area contributed by atoms with Crippen LogP contribution in [0.15, 0.2) is 16.9 Å². The lowest BCUT2D eigenvalue weighted by Crippen LogP contribution is -2.34. The second kappa shape index (κ2) is 11.5. The van der Waals surface area contributed by atoms with Gasteiger partial charge in [-0.1, -0.05) is 0 Å². The van der Waals surface area contributed by atoms with Gasteiger partial charge in [0.05, 0.1) is 21.9 Å². The molecule has 2 fully saturated rings. The van der Waals surface area contributed by atoms with Crippen LogP contribution in [0.4, 0.5) is 17.5 Å². The Hall–Kier alpha value is -2.24. The van der Waals surface area contributed by atoms with E-state index in [0.717, 1.165) is 86.7 Å². The SMILES string of the molecule is Cc1nn(C2CCN(C)CC2)cc1Nc1ncc(Br)c(NCCCN2CCN(C)CCC2=O)n1. The zero-order valence-corrected chi connectivity index (χ0v) is 22.0. The summed E-state index contributed by atoms with van der Waals surface area (Å²) in [5.41, 5.74) is 1.87. The molecule has 2 N–H and O–H groups in total. The van der Waals surface area contributed by atoms with Gasteiger partial charge in [0.25, 0.3) is 0 Å². The van der Waals surface area contributed by atoms with Crippen LogP contribution >= 0.6 is 15.9 Å². The second-order valence-corrected chi connectivity index (χ2v) is 10.2. The van der Waals surface area contributed by atoms with Crippen LogP contribution in [0.1, 0.15) is 37.4 Å². The van der Waals surface area contributed by atoms with E-state index in [-0.39, 0.29) is 5.91 Å². The molecule has 2 saturated heterocycles. The average molecular weight is 535 g/mol. The Bertz CT molecular complexity index is 973. The zero-order chi connectivity index (χ0) is 24.1. The van der Waals surface area contributed by atoms with E-state index >= 15 is 0 Å². The largest absolute Gasteiger partial charge is 0.369 e. The molecule has 0 bridgehead atoms. The number of carbonyl (C=O) groups excluding carboxylic acids is 1. The Morgan fingerprint density at radius 2 is 1.88 bits per heavy atom. The van der Waals surface area contributed by atoms with Crippen molar-refractivity contribution in [3.63, 3.8) is 0 Å². The smallest absolute Gasteiger partial charge is 0.229 e. The van der Waals surface area contributed by atoms with Crippen LogP contribution in [-0.2, 0) is 4.79 Å². The lowest BCUT2D eigenvalue weighted by atomic mass is 10.1. The molecule has 2 aliphatic heterocycles. The minimum atomic E-state index is 0.246. The molecule has 0 radical (unpaired) electrons. The van der Waals surface area contributed by atoms with Gasteiger partial charge >= 0.3 is 0 Å². The van der Waals surface area contributed by atoms with Gasteiger partial charge < -0.3 is 25.3 Å². The number of aryl methyl sites for hydroxylation is 1. The molecule has 10 nitrogen and oxygen atoms in total. The van der Waals surface area contributed by atoms with Crippen molar-refractivity contribution >= 4 is 39.3 Å². The number of amides is 1. The van der Waals surface area contributed by atoms with Crippen LogP contribution in [-0.4, -0.2) is 100 Å². The molecule has 11 heteroatoms. The third-order valence-corrected chi connectivity index (χ3v) is 7.26. The molecule has 34 heavy (non-hydrogen) atoms. The van der Waals surface area contributed by atoms with Crippen molar-refractivity contribution in [2.45, 2.75) is 38.6 Å². The summed E-state index contributed by atoms with van der Waals surface area (Å²) >= 11 is 3.54. The van der Waals surface area contributed by atoms with Crippen molar-refractivity contribution in [3.8, 4) is 0 Å². The number of hydrogen-bond acceptors (Lipinski definition) is 8. The summed E-state index contributed by atoms with van der Waals surface area (Å²) in [4.78, 5) is 27.9. The first-order valence-corrected chi connectivity index (χ1v) is 12.9. The van der Waals surface area contributed by atoms with Crippen molar-refractivity contribution in [3.05, 3.63) is 22.6 Å². The summed E-state index contributed by atoms with van der Waals surface area (Å²) in [5.74, 6) is 1.51. The molecule has 2 aromatic heterocycles. The monoisotopic (exact) mass is 533 g/mol. The van der Waals surface area contributed by atoms with Gasteiger partial charge in [-0.25, -0.2) is 4.98 Å². The van der Waals surface area contributed by atoms with E-state index in [1.165, 1.54) is 0 Å². The van der Waals surface area contributed by atoms with Crippen LogP contribution in [0, 0.1) is 6.92 Å². The van der Waals surface area contributed by atoms with Crippen molar-refractivity contribution in [2.75, 3.05) is 70.5 Å². The minimum absolute atomic E-state index is 0.246. The van der Waals surface area contributed by atoms with E-state index < -0.39 is 0 Å². The van der Waals surface area contributed by atoms with Gasteiger partial charge in [0.2, 0.25) is 11.9 Å². The van der Waals surface area contributed by atoms with Crippen LogP contribution in [0.25, 0.3) is 0 Å². The highest BCUT2D eigenvalue weighted by Gasteiger charge is 2.21. The Morgan fingerprint density at radius 3 is 2.68 bits per heavy atom. The number of nitrogens with one attached hydrogen (secondary N) is 2. The number of anilines is 3. The maximum atomic E-state index is 12.3. The average Bonchev–Trinajstić information content (AvgIpc) is 3.10. The lowest BCUT2D eigenvalue weighted by molar-refractivity contribution is -0.130. The summed E-state index contributed by atoms with van der Waals surface area (Å²) < 4.78 is 2.90. The van der Waals surface area contributed by atoms with E-state index in [1.54, 1.807) is 6.20 Å². The zero-order valence-electron chi connectivity index (χ0n) is 20.4. The Morgan fingerprint density at radius 1 is 1.12 bits per heavy atom. The maximum absolute atomic E-state index is 12.3. The summed E-state index contributed by atoms with van der Waals surface area (Å²) in [5, 5.41) is 11.5. The van der Waals surface area contributed by atoms with Crippen LogP contribution < -0.4 is 10.6 Å². The number of nitrogens with zero attached hydrogens (tertiary/aromatic N) is 7. The first-order valence-electron chi connectivity index (χ1n) is 12.1. The molecule has 0 saturated carbocycles. The molecule has 4 rings (SSSR count). The number of piperidine rings is 1. The summed E-state index contributed by atoms with van der Waals surface area (Å²) in [6, 6.07) is 0.435. The van der Waals surface area contributed by atoms with Crippen LogP contribution in [0.5, 0.6) is 0 Å². The van der Waals surface area contributed by atoms with E-state index in [0.29, 0.717) is 18.4 Å². The van der Waals surface area contributed by atoms with E-state index in [4.69, 9.17) is 5.10 Å². The number of halogens is 1. The fourth-order valence-electron chi connectivity index (χ4n) is 4.41. The topological polar surface area (TPSA) is 94.5 Å². The van der Waals surface area contributed by atoms with Gasteiger partial charge in [-0.05, 0) is 69.3 Å². The summed E-state index contributed by atoms with van der Waals surface area (Å²) in [6.07, 6.45) is 7.50. The molecule has 2 aliphatic rings. The normalized spacial score (nSPS) is 18.8. The fourth-order valence-corrected chi connectivity index (χ4v) is 4.74. The van der Waals surface area contributed by atoms with Gasteiger partial charge in [-0.2, -0.15) is 10.1 Å². The minimum Gasteiger partial charge on any atom is -0.369 e. The molecule has 0 unspecified atom stereocenters. The van der Waals surface area contributed by atoms with Crippen LogP contribution in [0.3, 0.4) is 0 Å². The van der Waals surface area contributed by atoms with Crippen molar-refractivity contribution in [2.24, 2.45) is 0 Å². The van der Waals surface area contributed by atoms with Gasteiger partial charge in [-0.15, -0.1) is 0 Å². The number of carbonyl (C=O) groups is 1. The molecular formula is C23H36BrN9O. The lowest BCUT2D eigenvalue weighted by Gasteiger charge is -2.28. The number of aromatic nitrogens is 4. The fraction of sp³-hybridized carbons (Fsp3) is 0.652. The molecule has 0 aromatic carbocycles. The van der Waals surface area contributed by atoms with Crippen molar-refractivity contribution < 1.29 is 4.79 Å². The first kappa shape index (κ1) is 24.9. The van der Waals surface area contributed by atoms with Gasteiger partial charge in [0, 0.05) is 51.5 Å². The predicted molar refractivity (Wildman–Crippen MR) is 138 cm³/mol. The highest BCUT2D eigenvalue weighted by Crippen LogP contribution is 2.26. The molecule has 0 aliphatic carbocycles. The maximum Gasteiger partial charge on any atom is 0.229 e. The Balaban J connectivity index is 1.31. The first-order chi connectivity index (χ1) is 16.4. The highest BCUT2D eigenvalue weighted by molar-refractivity contribution is 9.10. The number of likely N-dealkylation sites (N-methyl/N-ethyl adjacent to an activating group) is 1. The molecule has 0 atom stereocenters. The molecule has 0 spiro atoms. The van der Waals surface area contributed by atoms with Crippen LogP contribution in [0.2, 0.25) is 0 Å². The molecule has 1 amide bonds. The van der Waals surface area contributed by atoms with E-state index in [2.05, 4.69) is 71.3 Å². The predicted octanol–water partition coefficient (Wildman–Crippen LogP) is 2.72. The quantitative estimate of drug-likeness (QED) is 0.500. The highest BCUT2D eigenvalue weighted by atomic mass is 79.9. The summed E-state index contributed by atoms with van der Waals surface area (Å²) in [7, 11) is 4.24. The third kappa shape index (κ3) is 6.45. The van der Waals surface area contributed by atoms with Gasteiger partial charge in [0.15, 0.2) is 0 Å². The standard InChI is InChI=1S/C23H36BrN9O/c1-17-20(16-33(29-17)18-5-10-30(2)11-6-18)27-23-26-15-19(24)22(28-23)25-8-4-9-32-14-13-31(3)12-7-21(32)34/h15-16,18H,4-14H2,1-3H3,(H2,25,26,27,28). The molecule has 4 heterocycles. The molecule has 186 valence electrons. The summed E-state index contributed by atoms with van der Waals surface area (Å²) in [6.45, 7) is 8.25. The Labute approximate surface area is 210 Å². The third-order valence-electron chi connectivity index (χ3n) is 6.68.